The van der Waals surface area contributed by atoms with Crippen molar-refractivity contribution in [2.24, 2.45) is 0 Å². The van der Waals surface area contributed by atoms with E-state index >= 15 is 0 Å². The fourth-order valence-corrected chi connectivity index (χ4v) is 2.78. The summed E-state index contributed by atoms with van der Waals surface area (Å²) >= 11 is 3.43. The van der Waals surface area contributed by atoms with Gasteiger partial charge in [-0.25, -0.2) is 0 Å². The Morgan fingerprint density at radius 2 is 2.04 bits per heavy atom. The average molecular weight is 430 g/mol. The summed E-state index contributed by atoms with van der Waals surface area (Å²) in [5.74, 6) is 0.517. The lowest BCUT2D eigenvalue weighted by Crippen LogP contribution is -2.18. The molecule has 0 saturated carbocycles. The number of nitrogens with zero attached hydrogens (tertiary/aromatic N) is 1. The molecule has 0 aliphatic rings. The third-order valence-corrected chi connectivity index (χ3v) is 4.21. The van der Waals surface area contributed by atoms with E-state index in [0.717, 1.165) is 16.5 Å². The van der Waals surface area contributed by atoms with Crippen molar-refractivity contribution in [3.63, 3.8) is 0 Å². The van der Waals surface area contributed by atoms with Gasteiger partial charge >= 0.3 is 0 Å². The SMILES string of the molecule is COc1ccc(OC)c(NC(=O)/C(C#N)=C\NCCc2cccc(Br)c2)c1. The molecular weight excluding hydrogens is 410 g/mol. The number of nitrogens with one attached hydrogen (secondary N) is 2. The maximum absolute atomic E-state index is 12.4. The zero-order valence-corrected chi connectivity index (χ0v) is 16.7. The van der Waals surface area contributed by atoms with Crippen molar-refractivity contribution in [1.82, 2.24) is 5.32 Å². The van der Waals surface area contributed by atoms with Crippen molar-refractivity contribution < 1.29 is 14.3 Å². The minimum absolute atomic E-state index is 0.0332. The Morgan fingerprint density at radius 3 is 2.70 bits per heavy atom. The number of methoxy groups -OCH3 is 2. The van der Waals surface area contributed by atoms with E-state index in [2.05, 4.69) is 26.6 Å². The number of carbonyl (C=O) groups excluding carboxylic acids is 1. The third kappa shape index (κ3) is 6.04. The number of amides is 1. The Morgan fingerprint density at radius 1 is 1.22 bits per heavy atom. The van der Waals surface area contributed by atoms with Crippen LogP contribution in [-0.2, 0) is 11.2 Å². The smallest absolute Gasteiger partial charge is 0.267 e. The van der Waals surface area contributed by atoms with Gasteiger partial charge in [-0.2, -0.15) is 5.26 Å². The zero-order valence-electron chi connectivity index (χ0n) is 15.1. The van der Waals surface area contributed by atoms with Crippen LogP contribution in [0.1, 0.15) is 5.56 Å². The predicted molar refractivity (Wildman–Crippen MR) is 108 cm³/mol. The van der Waals surface area contributed by atoms with Crippen LogP contribution in [0.4, 0.5) is 5.69 Å². The number of hydrogen-bond donors (Lipinski definition) is 2. The molecule has 1 amide bonds. The molecule has 0 aliphatic heterocycles. The highest BCUT2D eigenvalue weighted by atomic mass is 79.9. The van der Waals surface area contributed by atoms with Gasteiger partial charge in [0.15, 0.2) is 0 Å². The van der Waals surface area contributed by atoms with Gasteiger partial charge in [0.25, 0.3) is 5.91 Å². The maximum Gasteiger partial charge on any atom is 0.267 e. The monoisotopic (exact) mass is 429 g/mol. The third-order valence-electron chi connectivity index (χ3n) is 3.71. The minimum atomic E-state index is -0.529. The van der Waals surface area contributed by atoms with Gasteiger partial charge in [0.2, 0.25) is 0 Å². The molecule has 7 heteroatoms. The second-order valence-electron chi connectivity index (χ2n) is 5.52. The van der Waals surface area contributed by atoms with Crippen LogP contribution in [0.2, 0.25) is 0 Å². The highest BCUT2D eigenvalue weighted by molar-refractivity contribution is 9.10. The molecule has 0 atom stereocenters. The molecule has 2 aromatic rings. The summed E-state index contributed by atoms with van der Waals surface area (Å²) in [6.45, 7) is 0.595. The standard InChI is InChI=1S/C20H20BrN3O3/c1-26-17-6-7-19(27-2)18(11-17)24-20(25)15(12-22)13-23-9-8-14-4-3-5-16(21)10-14/h3-7,10-11,13,23H,8-9H2,1-2H3,(H,24,25)/b15-13-. The van der Waals surface area contributed by atoms with Crippen LogP contribution in [0, 0.1) is 11.3 Å². The molecule has 0 aliphatic carbocycles. The average Bonchev–Trinajstić information content (AvgIpc) is 2.68. The van der Waals surface area contributed by atoms with Gasteiger partial charge in [-0.05, 0) is 36.2 Å². The number of benzene rings is 2. The Bertz CT molecular complexity index is 875. The Kier molecular flexibility index (Phi) is 7.71. The first-order valence-corrected chi connectivity index (χ1v) is 8.98. The second kappa shape index (κ2) is 10.2. The lowest BCUT2D eigenvalue weighted by molar-refractivity contribution is -0.112. The number of nitriles is 1. The molecule has 0 radical (unpaired) electrons. The first kappa shape index (κ1) is 20.3. The van der Waals surface area contributed by atoms with Gasteiger partial charge in [0, 0.05) is 23.3 Å². The highest BCUT2D eigenvalue weighted by Gasteiger charge is 2.13. The van der Waals surface area contributed by atoms with E-state index in [4.69, 9.17) is 9.47 Å². The molecule has 0 bridgehead atoms. The fourth-order valence-electron chi connectivity index (χ4n) is 2.33. The van der Waals surface area contributed by atoms with E-state index < -0.39 is 5.91 Å². The number of anilines is 1. The molecule has 0 aromatic heterocycles. The van der Waals surface area contributed by atoms with Crippen LogP contribution in [0.5, 0.6) is 11.5 Å². The van der Waals surface area contributed by atoms with Crippen molar-refractivity contribution in [3.05, 3.63) is 64.3 Å². The summed E-state index contributed by atoms with van der Waals surface area (Å²) in [5.41, 5.74) is 1.54. The van der Waals surface area contributed by atoms with Crippen LogP contribution in [0.15, 0.2) is 58.7 Å². The normalized spacial score (nSPS) is 10.7. The van der Waals surface area contributed by atoms with Gasteiger partial charge in [0.05, 0.1) is 19.9 Å². The molecular formula is C20H20BrN3O3. The van der Waals surface area contributed by atoms with E-state index in [1.54, 1.807) is 18.2 Å². The predicted octanol–water partition coefficient (Wildman–Crippen LogP) is 3.64. The van der Waals surface area contributed by atoms with Crippen molar-refractivity contribution in [2.75, 3.05) is 26.1 Å². The lowest BCUT2D eigenvalue weighted by atomic mass is 10.1. The van der Waals surface area contributed by atoms with Crippen LogP contribution in [0.3, 0.4) is 0 Å². The molecule has 2 N–H and O–H groups in total. The molecule has 0 heterocycles. The number of hydrogen-bond acceptors (Lipinski definition) is 5. The summed E-state index contributed by atoms with van der Waals surface area (Å²) in [6, 6.07) is 14.9. The maximum atomic E-state index is 12.4. The second-order valence-corrected chi connectivity index (χ2v) is 6.44. The van der Waals surface area contributed by atoms with E-state index in [1.165, 1.54) is 20.4 Å². The summed E-state index contributed by atoms with van der Waals surface area (Å²) in [4.78, 5) is 12.4. The van der Waals surface area contributed by atoms with Gasteiger partial charge in [-0.1, -0.05) is 28.1 Å². The summed E-state index contributed by atoms with van der Waals surface area (Å²) in [6.07, 6.45) is 2.18. The number of carbonyl (C=O) groups is 1. The Hall–Kier alpha value is -2.98. The molecule has 0 spiro atoms. The number of halogens is 1. The molecule has 0 unspecified atom stereocenters. The van der Waals surface area contributed by atoms with E-state index in [1.807, 2.05) is 30.3 Å². The zero-order chi connectivity index (χ0) is 19.6. The first-order chi connectivity index (χ1) is 13.1. The molecule has 2 rings (SSSR count). The van der Waals surface area contributed by atoms with Gasteiger partial charge in [0.1, 0.15) is 23.1 Å². The lowest BCUT2D eigenvalue weighted by Gasteiger charge is -2.11. The molecule has 0 fully saturated rings. The van der Waals surface area contributed by atoms with Crippen molar-refractivity contribution >= 4 is 27.5 Å². The van der Waals surface area contributed by atoms with E-state index in [0.29, 0.717) is 23.7 Å². The quantitative estimate of drug-likeness (QED) is 0.380. The fraction of sp³-hybridized carbons (Fsp3) is 0.200. The Labute approximate surface area is 166 Å². The van der Waals surface area contributed by atoms with Crippen LogP contribution >= 0.6 is 15.9 Å². The van der Waals surface area contributed by atoms with Crippen LogP contribution in [0.25, 0.3) is 0 Å². The number of rotatable bonds is 8. The van der Waals surface area contributed by atoms with Crippen molar-refractivity contribution in [3.8, 4) is 17.6 Å². The van der Waals surface area contributed by atoms with Gasteiger partial charge < -0.3 is 20.1 Å². The van der Waals surface area contributed by atoms with Crippen molar-refractivity contribution in [2.45, 2.75) is 6.42 Å². The molecule has 140 valence electrons. The molecule has 27 heavy (non-hydrogen) atoms. The Balaban J connectivity index is 1.99. The van der Waals surface area contributed by atoms with E-state index in [-0.39, 0.29) is 5.57 Å². The largest absolute Gasteiger partial charge is 0.497 e. The van der Waals surface area contributed by atoms with Crippen molar-refractivity contribution in [1.29, 1.82) is 5.26 Å². The van der Waals surface area contributed by atoms with Gasteiger partial charge in [-0.3, -0.25) is 4.79 Å². The molecule has 6 nitrogen and oxygen atoms in total. The number of ether oxygens (including phenoxy) is 2. The topological polar surface area (TPSA) is 83.4 Å². The summed E-state index contributed by atoms with van der Waals surface area (Å²) in [7, 11) is 3.03. The molecule has 2 aromatic carbocycles. The van der Waals surface area contributed by atoms with Crippen LogP contribution in [-0.4, -0.2) is 26.7 Å². The van der Waals surface area contributed by atoms with E-state index in [9.17, 15) is 10.1 Å². The first-order valence-electron chi connectivity index (χ1n) is 8.19. The van der Waals surface area contributed by atoms with Crippen LogP contribution < -0.4 is 20.1 Å². The highest BCUT2D eigenvalue weighted by Crippen LogP contribution is 2.29. The minimum Gasteiger partial charge on any atom is -0.497 e. The molecule has 0 saturated heterocycles. The summed E-state index contributed by atoms with van der Waals surface area (Å²) < 4.78 is 11.4. The summed E-state index contributed by atoms with van der Waals surface area (Å²) in [5, 5.41) is 15.0. The van der Waals surface area contributed by atoms with Gasteiger partial charge in [-0.15, -0.1) is 0 Å².